The molecule has 5 aromatic rings. The second-order valence-electron chi connectivity index (χ2n) is 5.33. The molecule has 0 aliphatic heterocycles. The third kappa shape index (κ3) is 2.92. The van der Waals surface area contributed by atoms with Crippen LogP contribution >= 0.6 is 34.4 Å². The Hall–Kier alpha value is -2.55. The Bertz CT molecular complexity index is 1170. The van der Waals surface area contributed by atoms with E-state index in [4.69, 9.17) is 4.42 Å². The van der Waals surface area contributed by atoms with Gasteiger partial charge in [0.1, 0.15) is 16.2 Å². The number of aromatic nitrogens is 4. The van der Waals surface area contributed by atoms with Crippen molar-refractivity contribution in [3.05, 3.63) is 60.2 Å². The maximum Gasteiger partial charge on any atom is 0.283 e. The first kappa shape index (κ1) is 15.7. The van der Waals surface area contributed by atoms with E-state index in [0.717, 1.165) is 25.0 Å². The molecule has 0 fully saturated rings. The minimum absolute atomic E-state index is 0.473. The highest BCUT2D eigenvalue weighted by Crippen LogP contribution is 2.38. The summed E-state index contributed by atoms with van der Waals surface area (Å²) in [5.74, 6) is 0.531. The number of benzene rings is 1. The van der Waals surface area contributed by atoms with Gasteiger partial charge in [-0.25, -0.2) is 9.97 Å². The smallest absolute Gasteiger partial charge is 0.283 e. The standard InChI is InChI=1S/C18H10N4OS3/c1-2-5-11(6-3-1)14-9-12-16(25-14)19-10-20-17(12)26-18-22-21-15(23-18)13-7-4-8-24-13/h1-10H. The number of thiophene rings is 2. The van der Waals surface area contributed by atoms with Gasteiger partial charge in [-0.2, -0.15) is 0 Å². The number of nitrogens with zero attached hydrogens (tertiary/aromatic N) is 4. The lowest BCUT2D eigenvalue weighted by atomic mass is 10.2. The van der Waals surface area contributed by atoms with Crippen LogP contribution in [0.4, 0.5) is 0 Å². The number of rotatable bonds is 4. The van der Waals surface area contributed by atoms with Crippen LogP contribution < -0.4 is 0 Å². The largest absolute Gasteiger partial charge is 0.410 e. The van der Waals surface area contributed by atoms with Crippen molar-refractivity contribution in [2.45, 2.75) is 10.2 Å². The molecule has 0 spiro atoms. The van der Waals surface area contributed by atoms with E-state index in [1.165, 1.54) is 17.3 Å². The molecule has 0 atom stereocenters. The second kappa shape index (κ2) is 6.64. The summed E-state index contributed by atoms with van der Waals surface area (Å²) in [6, 6.07) is 16.3. The number of hydrogen-bond donors (Lipinski definition) is 0. The van der Waals surface area contributed by atoms with Crippen molar-refractivity contribution in [2.24, 2.45) is 0 Å². The minimum atomic E-state index is 0.473. The lowest BCUT2D eigenvalue weighted by Gasteiger charge is -1.96. The molecule has 126 valence electrons. The zero-order chi connectivity index (χ0) is 17.3. The molecule has 0 bridgehead atoms. The summed E-state index contributed by atoms with van der Waals surface area (Å²) < 4.78 is 5.77. The molecule has 4 heterocycles. The maximum absolute atomic E-state index is 5.77. The van der Waals surface area contributed by atoms with Gasteiger partial charge in [-0.05, 0) is 34.8 Å². The topological polar surface area (TPSA) is 64.7 Å². The van der Waals surface area contributed by atoms with Crippen LogP contribution in [0.3, 0.4) is 0 Å². The highest BCUT2D eigenvalue weighted by atomic mass is 32.2. The van der Waals surface area contributed by atoms with Gasteiger partial charge in [-0.1, -0.05) is 36.4 Å². The van der Waals surface area contributed by atoms with Gasteiger partial charge in [0.05, 0.1) is 4.88 Å². The normalized spacial score (nSPS) is 11.2. The summed E-state index contributed by atoms with van der Waals surface area (Å²) in [4.78, 5) is 11.9. The summed E-state index contributed by atoms with van der Waals surface area (Å²) in [6.07, 6.45) is 1.58. The summed E-state index contributed by atoms with van der Waals surface area (Å²) in [5.41, 5.74) is 1.17. The van der Waals surface area contributed by atoms with E-state index in [1.54, 1.807) is 29.0 Å². The van der Waals surface area contributed by atoms with Gasteiger partial charge in [0.2, 0.25) is 0 Å². The summed E-state index contributed by atoms with van der Waals surface area (Å²) >= 11 is 4.58. The van der Waals surface area contributed by atoms with Gasteiger partial charge >= 0.3 is 0 Å². The van der Waals surface area contributed by atoms with Crippen LogP contribution in [0.5, 0.6) is 0 Å². The van der Waals surface area contributed by atoms with Gasteiger partial charge in [0.15, 0.2) is 0 Å². The van der Waals surface area contributed by atoms with Crippen LogP contribution in [-0.4, -0.2) is 20.2 Å². The Labute approximate surface area is 160 Å². The molecule has 26 heavy (non-hydrogen) atoms. The van der Waals surface area contributed by atoms with Gasteiger partial charge < -0.3 is 4.42 Å². The fraction of sp³-hybridized carbons (Fsp3) is 0. The molecule has 0 aliphatic carbocycles. The third-order valence-electron chi connectivity index (χ3n) is 3.67. The van der Waals surface area contributed by atoms with E-state index in [-0.39, 0.29) is 0 Å². The van der Waals surface area contributed by atoms with E-state index >= 15 is 0 Å². The third-order valence-corrected chi connectivity index (χ3v) is 6.48. The number of fused-ring (bicyclic) bond motifs is 1. The molecule has 0 aliphatic rings. The fourth-order valence-corrected chi connectivity index (χ4v) is 4.94. The average Bonchev–Trinajstić information content (AvgIpc) is 3.42. The first-order valence-electron chi connectivity index (χ1n) is 7.72. The molecule has 5 nitrogen and oxygen atoms in total. The molecule has 5 rings (SSSR count). The molecule has 4 aromatic heterocycles. The van der Waals surface area contributed by atoms with Crippen molar-refractivity contribution in [1.82, 2.24) is 20.2 Å². The summed E-state index contributed by atoms with van der Waals surface area (Å²) in [5, 5.41) is 12.5. The lowest BCUT2D eigenvalue weighted by molar-refractivity contribution is 0.466. The van der Waals surface area contributed by atoms with Crippen molar-refractivity contribution in [3.8, 4) is 21.2 Å². The number of hydrogen-bond acceptors (Lipinski definition) is 8. The predicted octanol–water partition coefficient (Wildman–Crippen LogP) is 5.62. The van der Waals surface area contributed by atoms with E-state index in [0.29, 0.717) is 11.1 Å². The van der Waals surface area contributed by atoms with Gasteiger partial charge in [-0.3, -0.25) is 0 Å². The van der Waals surface area contributed by atoms with Crippen LogP contribution in [0, 0.1) is 0 Å². The van der Waals surface area contributed by atoms with Crippen LogP contribution in [0.1, 0.15) is 0 Å². The van der Waals surface area contributed by atoms with Crippen molar-refractivity contribution in [3.63, 3.8) is 0 Å². The Morgan fingerprint density at radius 2 is 1.85 bits per heavy atom. The highest BCUT2D eigenvalue weighted by Gasteiger charge is 2.15. The van der Waals surface area contributed by atoms with Crippen molar-refractivity contribution >= 4 is 44.7 Å². The van der Waals surface area contributed by atoms with Crippen LogP contribution in [0.15, 0.2) is 74.9 Å². The Balaban J connectivity index is 1.50. The molecule has 0 N–H and O–H groups in total. The molecule has 0 saturated heterocycles. The maximum atomic E-state index is 5.77. The molecular weight excluding hydrogens is 384 g/mol. The minimum Gasteiger partial charge on any atom is -0.410 e. The Morgan fingerprint density at radius 1 is 0.923 bits per heavy atom. The molecular formula is C18H10N4OS3. The SMILES string of the molecule is c1ccc(-c2cc3c(Sc4nnc(-c5cccs5)o4)ncnc3s2)cc1. The first-order chi connectivity index (χ1) is 12.9. The van der Waals surface area contributed by atoms with E-state index < -0.39 is 0 Å². The Kier molecular flexibility index (Phi) is 4.00. The van der Waals surface area contributed by atoms with Crippen molar-refractivity contribution in [1.29, 1.82) is 0 Å². The lowest BCUT2D eigenvalue weighted by Crippen LogP contribution is -1.83. The quantitative estimate of drug-likeness (QED) is 0.369. The molecule has 0 unspecified atom stereocenters. The summed E-state index contributed by atoms with van der Waals surface area (Å²) in [6.45, 7) is 0. The molecule has 0 amide bonds. The summed E-state index contributed by atoms with van der Waals surface area (Å²) in [7, 11) is 0. The predicted molar refractivity (Wildman–Crippen MR) is 105 cm³/mol. The molecule has 1 aromatic carbocycles. The highest BCUT2D eigenvalue weighted by molar-refractivity contribution is 7.99. The average molecular weight is 395 g/mol. The zero-order valence-electron chi connectivity index (χ0n) is 13.2. The Morgan fingerprint density at radius 3 is 2.69 bits per heavy atom. The van der Waals surface area contributed by atoms with Gasteiger partial charge in [0.25, 0.3) is 11.1 Å². The molecule has 8 heteroatoms. The van der Waals surface area contributed by atoms with Crippen molar-refractivity contribution < 1.29 is 4.42 Å². The fourth-order valence-electron chi connectivity index (χ4n) is 2.49. The van der Waals surface area contributed by atoms with Crippen LogP contribution in [-0.2, 0) is 0 Å². The van der Waals surface area contributed by atoms with Crippen LogP contribution in [0.25, 0.3) is 31.4 Å². The van der Waals surface area contributed by atoms with E-state index in [9.17, 15) is 0 Å². The van der Waals surface area contributed by atoms with Crippen LogP contribution in [0.2, 0.25) is 0 Å². The monoisotopic (exact) mass is 394 g/mol. The zero-order valence-corrected chi connectivity index (χ0v) is 15.6. The van der Waals surface area contributed by atoms with E-state index in [1.807, 2.05) is 35.7 Å². The van der Waals surface area contributed by atoms with Crippen molar-refractivity contribution in [2.75, 3.05) is 0 Å². The van der Waals surface area contributed by atoms with Gasteiger partial charge in [-0.15, -0.1) is 32.9 Å². The first-order valence-corrected chi connectivity index (χ1v) is 10.2. The van der Waals surface area contributed by atoms with E-state index in [2.05, 4.69) is 38.4 Å². The molecule has 0 saturated carbocycles. The molecule has 0 radical (unpaired) electrons. The van der Waals surface area contributed by atoms with Gasteiger partial charge in [0, 0.05) is 10.3 Å². The second-order valence-corrected chi connectivity index (χ2v) is 8.25.